The van der Waals surface area contributed by atoms with E-state index in [-0.39, 0.29) is 5.91 Å². The van der Waals surface area contributed by atoms with Crippen LogP contribution in [-0.2, 0) is 17.8 Å². The molecule has 1 N–H and O–H groups in total. The third kappa shape index (κ3) is 6.53. The van der Waals surface area contributed by atoms with Crippen molar-refractivity contribution in [2.75, 3.05) is 39.3 Å². The fourth-order valence-corrected chi connectivity index (χ4v) is 3.84. The summed E-state index contributed by atoms with van der Waals surface area (Å²) in [5, 5.41) is 8.45. The Bertz CT molecular complexity index is 1020. The second kappa shape index (κ2) is 10.9. The van der Waals surface area contributed by atoms with E-state index in [9.17, 15) is 4.79 Å². The molecule has 2 heterocycles. The van der Waals surface area contributed by atoms with E-state index in [4.69, 9.17) is 27.7 Å². The number of hydrogen-bond donors (Lipinski definition) is 1. The number of nitrogens with zero attached hydrogens (tertiary/aromatic N) is 4. The van der Waals surface area contributed by atoms with Crippen LogP contribution < -0.4 is 5.32 Å². The minimum Gasteiger partial charge on any atom is -0.355 e. The molecule has 0 spiro atoms. The maximum Gasteiger partial charge on any atom is 0.241 e. The van der Waals surface area contributed by atoms with E-state index in [2.05, 4.69) is 25.3 Å². The van der Waals surface area contributed by atoms with Crippen LogP contribution in [0.4, 0.5) is 0 Å². The number of hydrogen-bond acceptors (Lipinski definition) is 6. The van der Waals surface area contributed by atoms with Crippen molar-refractivity contribution in [2.45, 2.75) is 13.0 Å². The summed E-state index contributed by atoms with van der Waals surface area (Å²) in [6.07, 6.45) is 0.791. The molecule has 4 rings (SSSR count). The first-order valence-corrected chi connectivity index (χ1v) is 11.3. The van der Waals surface area contributed by atoms with Gasteiger partial charge >= 0.3 is 0 Å². The highest BCUT2D eigenvalue weighted by atomic mass is 35.5. The van der Waals surface area contributed by atoms with Gasteiger partial charge in [-0.2, -0.15) is 4.98 Å². The first-order chi connectivity index (χ1) is 15.5. The molecule has 0 radical (unpaired) electrons. The highest BCUT2D eigenvalue weighted by molar-refractivity contribution is 6.30. The molecule has 0 bridgehead atoms. The van der Waals surface area contributed by atoms with Gasteiger partial charge in [0.2, 0.25) is 17.6 Å². The molecule has 168 valence electrons. The second-order valence-corrected chi connectivity index (χ2v) is 8.67. The average molecular weight is 474 g/mol. The molecule has 0 aliphatic carbocycles. The van der Waals surface area contributed by atoms with Crippen molar-refractivity contribution in [3.63, 3.8) is 0 Å². The molecule has 9 heteroatoms. The Morgan fingerprint density at radius 1 is 0.938 bits per heavy atom. The molecule has 7 nitrogen and oxygen atoms in total. The Kier molecular flexibility index (Phi) is 7.76. The minimum absolute atomic E-state index is 0.0527. The lowest BCUT2D eigenvalue weighted by molar-refractivity contribution is -0.122. The van der Waals surface area contributed by atoms with Gasteiger partial charge in [-0.3, -0.25) is 14.6 Å². The van der Waals surface area contributed by atoms with E-state index in [1.165, 1.54) is 0 Å². The Labute approximate surface area is 197 Å². The van der Waals surface area contributed by atoms with Crippen LogP contribution in [0.2, 0.25) is 10.0 Å². The summed E-state index contributed by atoms with van der Waals surface area (Å²) in [7, 11) is 0. The lowest BCUT2D eigenvalue weighted by Crippen LogP contribution is -2.49. The van der Waals surface area contributed by atoms with Crippen LogP contribution in [0.5, 0.6) is 0 Å². The molecular weight excluding hydrogens is 449 g/mol. The van der Waals surface area contributed by atoms with Gasteiger partial charge in [0, 0.05) is 48.3 Å². The van der Waals surface area contributed by atoms with E-state index in [1.54, 1.807) is 12.1 Å². The van der Waals surface area contributed by atoms with Gasteiger partial charge in [0.25, 0.3) is 0 Å². The van der Waals surface area contributed by atoms with Gasteiger partial charge in [-0.05, 0) is 48.4 Å². The number of piperazine rings is 1. The molecule has 0 atom stereocenters. The summed E-state index contributed by atoms with van der Waals surface area (Å²) in [5.41, 5.74) is 2.03. The summed E-state index contributed by atoms with van der Waals surface area (Å²) in [6.45, 7) is 4.96. The second-order valence-electron chi connectivity index (χ2n) is 7.80. The highest BCUT2D eigenvalue weighted by Gasteiger charge is 2.21. The molecule has 32 heavy (non-hydrogen) atoms. The molecule has 0 saturated carbocycles. The van der Waals surface area contributed by atoms with Crippen LogP contribution in [0.1, 0.15) is 11.5 Å². The quantitative estimate of drug-likeness (QED) is 0.539. The van der Waals surface area contributed by atoms with Crippen molar-refractivity contribution < 1.29 is 9.32 Å². The van der Waals surface area contributed by atoms with Crippen molar-refractivity contribution in [2.24, 2.45) is 0 Å². The third-order valence-corrected chi connectivity index (χ3v) is 5.91. The van der Waals surface area contributed by atoms with Gasteiger partial charge in [-0.1, -0.05) is 40.5 Å². The van der Waals surface area contributed by atoms with E-state index in [1.807, 2.05) is 36.4 Å². The highest BCUT2D eigenvalue weighted by Crippen LogP contribution is 2.19. The standard InChI is InChI=1S/C23H25Cl2N5O2/c24-19-5-1-17(2-6-19)9-10-26-21(31)15-29-11-13-30(14-12-29)16-22-27-23(28-32-22)18-3-7-20(25)8-4-18/h1-8H,9-16H2,(H,26,31). The van der Waals surface area contributed by atoms with Crippen molar-refractivity contribution in [1.29, 1.82) is 0 Å². The molecule has 3 aromatic rings. The van der Waals surface area contributed by atoms with E-state index >= 15 is 0 Å². The summed E-state index contributed by atoms with van der Waals surface area (Å²) < 4.78 is 5.41. The summed E-state index contributed by atoms with van der Waals surface area (Å²) in [5.74, 6) is 1.20. The smallest absolute Gasteiger partial charge is 0.241 e. The molecule has 0 unspecified atom stereocenters. The molecule has 2 aromatic carbocycles. The Hall–Kier alpha value is -2.45. The fourth-order valence-electron chi connectivity index (χ4n) is 3.59. The van der Waals surface area contributed by atoms with E-state index in [0.29, 0.717) is 36.4 Å². The summed E-state index contributed by atoms with van der Waals surface area (Å²) in [4.78, 5) is 21.2. The number of carbonyl (C=O) groups excluding carboxylic acids is 1. The lowest BCUT2D eigenvalue weighted by atomic mass is 10.1. The normalized spacial score (nSPS) is 15.1. The molecule has 1 fully saturated rings. The van der Waals surface area contributed by atoms with Gasteiger partial charge in [0.1, 0.15) is 0 Å². The number of halogens is 2. The van der Waals surface area contributed by atoms with Crippen LogP contribution >= 0.6 is 23.2 Å². The maximum absolute atomic E-state index is 12.3. The van der Waals surface area contributed by atoms with Gasteiger partial charge < -0.3 is 9.84 Å². The zero-order valence-corrected chi connectivity index (χ0v) is 19.1. The SMILES string of the molecule is O=C(CN1CCN(Cc2nc(-c3ccc(Cl)cc3)no2)CC1)NCCc1ccc(Cl)cc1. The fraction of sp³-hybridized carbons (Fsp3) is 0.348. The summed E-state index contributed by atoms with van der Waals surface area (Å²) >= 11 is 11.8. The van der Waals surface area contributed by atoms with Gasteiger partial charge in [-0.25, -0.2) is 0 Å². The number of nitrogens with one attached hydrogen (secondary N) is 1. The predicted octanol–water partition coefficient (Wildman–Crippen LogP) is 3.52. The topological polar surface area (TPSA) is 74.5 Å². The van der Waals surface area contributed by atoms with Crippen LogP contribution in [0, 0.1) is 0 Å². The van der Waals surface area contributed by atoms with Crippen molar-refractivity contribution in [3.8, 4) is 11.4 Å². The molecule has 1 aromatic heterocycles. The number of amides is 1. The van der Waals surface area contributed by atoms with Crippen LogP contribution in [-0.4, -0.2) is 65.1 Å². The van der Waals surface area contributed by atoms with Gasteiger partial charge in [-0.15, -0.1) is 0 Å². The predicted molar refractivity (Wildman–Crippen MR) is 125 cm³/mol. The maximum atomic E-state index is 12.3. The molecule has 1 amide bonds. The number of rotatable bonds is 8. The van der Waals surface area contributed by atoms with Crippen molar-refractivity contribution >= 4 is 29.1 Å². The lowest BCUT2D eigenvalue weighted by Gasteiger charge is -2.33. The molecule has 1 aliphatic heterocycles. The van der Waals surface area contributed by atoms with Crippen molar-refractivity contribution in [1.82, 2.24) is 25.3 Å². The Morgan fingerprint density at radius 2 is 1.56 bits per heavy atom. The largest absolute Gasteiger partial charge is 0.355 e. The third-order valence-electron chi connectivity index (χ3n) is 5.41. The Balaban J connectivity index is 1.16. The molecular formula is C23H25Cl2N5O2. The van der Waals surface area contributed by atoms with Crippen LogP contribution in [0.3, 0.4) is 0 Å². The first-order valence-electron chi connectivity index (χ1n) is 10.6. The minimum atomic E-state index is 0.0527. The first kappa shape index (κ1) is 22.7. The zero-order chi connectivity index (χ0) is 22.3. The van der Waals surface area contributed by atoms with Gasteiger partial charge in [0.15, 0.2) is 0 Å². The van der Waals surface area contributed by atoms with Crippen LogP contribution in [0.15, 0.2) is 53.1 Å². The average Bonchev–Trinajstić information content (AvgIpc) is 3.25. The monoisotopic (exact) mass is 473 g/mol. The number of benzene rings is 2. The number of aromatic nitrogens is 2. The van der Waals surface area contributed by atoms with Crippen molar-refractivity contribution in [3.05, 3.63) is 70.0 Å². The molecule has 1 aliphatic rings. The zero-order valence-electron chi connectivity index (χ0n) is 17.6. The van der Waals surface area contributed by atoms with Gasteiger partial charge in [0.05, 0.1) is 13.1 Å². The molecule has 1 saturated heterocycles. The Morgan fingerprint density at radius 3 is 2.25 bits per heavy atom. The number of carbonyl (C=O) groups is 1. The van der Waals surface area contributed by atoms with E-state index < -0.39 is 0 Å². The van der Waals surface area contributed by atoms with E-state index in [0.717, 1.165) is 48.7 Å². The van der Waals surface area contributed by atoms with Crippen LogP contribution in [0.25, 0.3) is 11.4 Å². The summed E-state index contributed by atoms with van der Waals surface area (Å²) in [6, 6.07) is 15.0.